The number of nitriles is 4. The second-order valence-corrected chi connectivity index (χ2v) is 19.6. The first-order valence-electron chi connectivity index (χ1n) is 18.6. The monoisotopic (exact) mass is 822 g/mol. The van der Waals surface area contributed by atoms with E-state index in [0.29, 0.717) is 22.9 Å². The molecule has 0 aliphatic carbocycles. The van der Waals surface area contributed by atoms with Gasteiger partial charge in [-0.25, -0.2) is 0 Å². The molecule has 0 radical (unpaired) electrons. The van der Waals surface area contributed by atoms with Crippen molar-refractivity contribution in [1.29, 1.82) is 21.0 Å². The number of aliphatic imine (C=N–C) groups is 2. The zero-order valence-corrected chi connectivity index (χ0v) is 34.8. The van der Waals surface area contributed by atoms with E-state index < -0.39 is 14.1 Å². The lowest BCUT2D eigenvalue weighted by atomic mass is 10.3. The number of benzene rings is 6. The molecule has 288 valence electrons. The Kier molecular flexibility index (Phi) is 18.2. The quantitative estimate of drug-likeness (QED) is 0.107. The summed E-state index contributed by atoms with van der Waals surface area (Å²) in [5.41, 5.74) is 1.95. The maximum Gasteiger partial charge on any atom is 0.155 e. The van der Waals surface area contributed by atoms with E-state index >= 15 is 0 Å². The van der Waals surface area contributed by atoms with Gasteiger partial charge in [0.2, 0.25) is 0 Å². The zero-order valence-electron chi connectivity index (χ0n) is 32.3. The molecule has 59 heavy (non-hydrogen) atoms. The van der Waals surface area contributed by atoms with Crippen molar-refractivity contribution >= 4 is 64.5 Å². The predicted molar refractivity (Wildman–Crippen MR) is 246 cm³/mol. The molecule has 1 aliphatic rings. The highest BCUT2D eigenvalue weighted by atomic mass is 35.5. The van der Waals surface area contributed by atoms with E-state index in [1.807, 2.05) is 207 Å². The van der Waals surface area contributed by atoms with Crippen LogP contribution in [0, 0.1) is 45.3 Å². The Labute approximate surface area is 354 Å². The lowest BCUT2D eigenvalue weighted by molar-refractivity contribution is -0.0000123. The minimum atomic E-state index is -2.35. The fourth-order valence-corrected chi connectivity index (χ4v) is 13.4. The molecule has 1 aliphatic heterocycles. The topological polar surface area (TPSA) is 120 Å². The summed E-state index contributed by atoms with van der Waals surface area (Å²) in [5.74, 6) is 0. The van der Waals surface area contributed by atoms with Gasteiger partial charge in [-0.3, -0.25) is 9.98 Å². The van der Waals surface area contributed by atoms with Gasteiger partial charge in [-0.15, -0.1) is 0 Å². The van der Waals surface area contributed by atoms with Crippen LogP contribution in [0.5, 0.6) is 0 Å². The number of hydrogen-bond donors (Lipinski definition) is 0. The van der Waals surface area contributed by atoms with Crippen molar-refractivity contribution in [2.45, 2.75) is 6.42 Å². The maximum absolute atomic E-state index is 9.72. The van der Waals surface area contributed by atoms with Crippen molar-refractivity contribution in [1.82, 2.24) is 0 Å². The Morgan fingerprint density at radius 1 is 0.492 bits per heavy atom. The van der Waals surface area contributed by atoms with Gasteiger partial charge in [-0.1, -0.05) is 140 Å². The lowest BCUT2D eigenvalue weighted by Crippen LogP contribution is -3.00. The fourth-order valence-electron chi connectivity index (χ4n) is 6.45. The van der Waals surface area contributed by atoms with E-state index in [1.165, 1.54) is 0 Å². The third-order valence-corrected chi connectivity index (χ3v) is 17.2. The molecule has 7 rings (SSSR count). The summed E-state index contributed by atoms with van der Waals surface area (Å²) >= 11 is 0. The van der Waals surface area contributed by atoms with Gasteiger partial charge in [-0.2, -0.15) is 21.0 Å². The van der Waals surface area contributed by atoms with Crippen LogP contribution >= 0.6 is 14.1 Å². The molecule has 0 saturated carbocycles. The molecule has 0 saturated heterocycles. The van der Waals surface area contributed by atoms with Gasteiger partial charge in [0.25, 0.3) is 0 Å². The van der Waals surface area contributed by atoms with Crippen LogP contribution in [0.1, 0.15) is 6.42 Å². The van der Waals surface area contributed by atoms with Crippen molar-refractivity contribution in [3.05, 3.63) is 206 Å². The highest BCUT2D eigenvalue weighted by Gasteiger charge is 2.42. The van der Waals surface area contributed by atoms with E-state index in [-0.39, 0.29) is 12.4 Å². The first kappa shape index (κ1) is 44.8. The summed E-state index contributed by atoms with van der Waals surface area (Å²) in [4.78, 5) is 8.64. The summed E-state index contributed by atoms with van der Waals surface area (Å²) in [7, 11) is -1.92. The van der Waals surface area contributed by atoms with E-state index in [2.05, 4.69) is 34.3 Å². The molecule has 0 unspecified atom stereocenters. The molecule has 0 bridgehead atoms. The van der Waals surface area contributed by atoms with Crippen LogP contribution in [0.4, 0.5) is 11.4 Å². The van der Waals surface area contributed by atoms with Gasteiger partial charge in [0, 0.05) is 25.7 Å². The lowest BCUT2D eigenvalue weighted by Gasteiger charge is -2.29. The standard InChI is InChI=1S/C19H13N2P.C16H14N2P.C15H14N2.ClH/c20-14-18-12-7-13-19(15-21)22(18,16-8-3-1-4-9-16)17-10-5-2-6-11-17;17-11-13-19(14-12-18,15-7-3-1-4-8-15)16-9-5-2-6-10-16;1-3-8-14(9-4-1)16-12-7-13-17-15-10-5-2-6-11-15;/h1-13H;1-10H,13-14H2;1-6,8-13H,7H2;1H/q;+1;;/p-1. The van der Waals surface area contributed by atoms with Crippen LogP contribution in [-0.2, 0) is 0 Å². The van der Waals surface area contributed by atoms with Crippen LogP contribution in [-0.4, -0.2) is 30.0 Å². The van der Waals surface area contributed by atoms with Crippen LogP contribution in [0.3, 0.4) is 0 Å². The van der Waals surface area contributed by atoms with Crippen LogP contribution in [0.2, 0.25) is 0 Å². The molecule has 6 nitrogen and oxygen atoms in total. The average molecular weight is 823 g/mol. The number of rotatable bonds is 10. The normalized spacial score (nSPS) is 12.4. The first-order valence-corrected chi connectivity index (χ1v) is 22.5. The minimum Gasteiger partial charge on any atom is -1.00 e. The van der Waals surface area contributed by atoms with Crippen molar-refractivity contribution in [2.24, 2.45) is 9.98 Å². The molecular weight excluding hydrogens is 782 g/mol. The number of para-hydroxylation sites is 2. The van der Waals surface area contributed by atoms with Crippen LogP contribution in [0.25, 0.3) is 0 Å². The molecule has 0 spiro atoms. The van der Waals surface area contributed by atoms with E-state index in [0.717, 1.165) is 39.0 Å². The zero-order chi connectivity index (χ0) is 40.7. The Morgan fingerprint density at radius 2 is 0.864 bits per heavy atom. The maximum atomic E-state index is 9.72. The molecule has 0 N–H and O–H groups in total. The van der Waals surface area contributed by atoms with Gasteiger partial charge in [0.15, 0.2) is 12.3 Å². The largest absolute Gasteiger partial charge is 1.00 e. The molecule has 0 atom stereocenters. The van der Waals surface area contributed by atoms with E-state index in [9.17, 15) is 21.0 Å². The number of hydrogen-bond acceptors (Lipinski definition) is 6. The Morgan fingerprint density at radius 3 is 1.22 bits per heavy atom. The van der Waals surface area contributed by atoms with E-state index in [1.54, 1.807) is 6.08 Å². The summed E-state index contributed by atoms with van der Waals surface area (Å²) in [6.45, 7) is -2.35. The average Bonchev–Trinajstić information content (AvgIpc) is 3.30. The highest BCUT2D eigenvalue weighted by Crippen LogP contribution is 2.56. The molecule has 0 amide bonds. The molecule has 0 fully saturated rings. The first-order chi connectivity index (χ1) is 28.6. The molecule has 6 aromatic carbocycles. The second-order valence-electron chi connectivity index (χ2n) is 12.7. The van der Waals surface area contributed by atoms with Crippen LogP contribution in [0.15, 0.2) is 216 Å². The second kappa shape index (κ2) is 24.0. The highest BCUT2D eigenvalue weighted by molar-refractivity contribution is 7.93. The van der Waals surface area contributed by atoms with Gasteiger partial charge in [-0.05, 0) is 71.3 Å². The summed E-state index contributed by atoms with van der Waals surface area (Å²) < 4.78 is 0. The van der Waals surface area contributed by atoms with Crippen molar-refractivity contribution < 1.29 is 12.4 Å². The third-order valence-electron chi connectivity index (χ3n) is 9.13. The fraction of sp³-hybridized carbons (Fsp3) is 0.0600. The molecular formula is C50H41ClN6P2. The number of allylic oxidation sites excluding steroid dienone is 4. The van der Waals surface area contributed by atoms with Gasteiger partial charge < -0.3 is 12.4 Å². The van der Waals surface area contributed by atoms with Gasteiger partial charge in [0.1, 0.15) is 42.1 Å². The minimum absolute atomic E-state index is 0. The Balaban J connectivity index is 0.000000196. The van der Waals surface area contributed by atoms with Gasteiger partial charge in [0.05, 0.1) is 22.0 Å². The third kappa shape index (κ3) is 11.6. The van der Waals surface area contributed by atoms with Crippen molar-refractivity contribution in [3.63, 3.8) is 0 Å². The summed E-state index contributed by atoms with van der Waals surface area (Å²) in [6, 6.07) is 68.8. The van der Waals surface area contributed by atoms with Crippen LogP contribution < -0.4 is 33.6 Å². The van der Waals surface area contributed by atoms with Crippen molar-refractivity contribution in [3.8, 4) is 24.3 Å². The van der Waals surface area contributed by atoms with E-state index in [4.69, 9.17) is 0 Å². The van der Waals surface area contributed by atoms with Crippen molar-refractivity contribution in [2.75, 3.05) is 12.3 Å². The molecule has 6 aromatic rings. The smallest absolute Gasteiger partial charge is 0.155 e. The number of halogens is 1. The summed E-state index contributed by atoms with van der Waals surface area (Å²) in [5, 5.41) is 43.5. The number of nitrogens with zero attached hydrogens (tertiary/aromatic N) is 6. The SMILES string of the molecule is C(CC=Nc1ccccc1)=Nc1ccccc1.N#CC1=CC=CC(C#N)=P1(c1ccccc1)c1ccccc1.N#CC[P+](CC#N)(c1ccccc1)c1ccccc1.[Cl-]. The Hall–Kier alpha value is -6.88. The molecule has 9 heteroatoms. The Bertz CT molecular complexity index is 2420. The molecule has 0 aromatic heterocycles. The predicted octanol–water partition coefficient (Wildman–Crippen LogP) is 7.22. The van der Waals surface area contributed by atoms with Gasteiger partial charge >= 0.3 is 0 Å². The molecule has 1 heterocycles. The summed E-state index contributed by atoms with van der Waals surface area (Å²) in [6.07, 6.45) is 10.8.